The van der Waals surface area contributed by atoms with Gasteiger partial charge in [0.2, 0.25) is 0 Å². The summed E-state index contributed by atoms with van der Waals surface area (Å²) < 4.78 is 110. The second kappa shape index (κ2) is 10.6. The molecule has 3 rings (SSSR count). The van der Waals surface area contributed by atoms with E-state index in [2.05, 4.69) is 52.5 Å². The molecule has 1 atom stereocenters. The molecular weight excluding hydrogens is 731 g/mol. The molecule has 0 aromatic heterocycles. The molecule has 3 aromatic carbocycles. The number of ether oxygens (including phenoxy) is 2. The van der Waals surface area contributed by atoms with Gasteiger partial charge >= 0.3 is 23.4 Å². The van der Waals surface area contributed by atoms with Crippen molar-refractivity contribution in [2.24, 2.45) is 0 Å². The number of alkyl halides is 5. The largest absolute Gasteiger partial charge is 0.743 e. The van der Waals surface area contributed by atoms with E-state index in [1.807, 2.05) is 0 Å². The van der Waals surface area contributed by atoms with Crippen LogP contribution >= 0.6 is 47.8 Å². The van der Waals surface area contributed by atoms with E-state index in [0.717, 1.165) is 18.2 Å². The van der Waals surface area contributed by atoms with Gasteiger partial charge in [0, 0.05) is 9.86 Å². The van der Waals surface area contributed by atoms with Crippen molar-refractivity contribution in [1.82, 2.24) is 0 Å². The lowest BCUT2D eigenvalue weighted by molar-refractivity contribution is -0.248. The Labute approximate surface area is 230 Å². The van der Waals surface area contributed by atoms with Crippen LogP contribution in [-0.4, -0.2) is 42.4 Å². The van der Waals surface area contributed by atoms with Crippen LogP contribution in [0.5, 0.6) is 5.75 Å². The highest BCUT2D eigenvalue weighted by Gasteiger charge is 2.63. The number of carbonyl (C=O) groups is 2. The van der Waals surface area contributed by atoms with Gasteiger partial charge in [-0.15, -0.1) is 0 Å². The first-order chi connectivity index (χ1) is 16.9. The Balaban J connectivity index is 2.10. The number of carbonyl (C=O) groups excluding carboxylic acids is 2. The van der Waals surface area contributed by atoms with Crippen molar-refractivity contribution in [2.45, 2.75) is 17.5 Å². The zero-order valence-corrected chi connectivity index (χ0v) is 23.1. The quantitative estimate of drug-likeness (QED) is 0.122. The van der Waals surface area contributed by atoms with E-state index in [9.17, 15) is 44.5 Å². The molecule has 198 valence electrons. The standard InChI is InChI=1S/C21H10Br3F5O7S/c22-10-7-13(23)16(14(24)8-10)35-17(30)11-5-1-3-9-4-2-6-12(15(9)11)18(31)36-19(20(25,26)27)21(28,29)37(32,33)34/h1-8,19H,(H,32,33,34)/p-1. The van der Waals surface area contributed by atoms with Crippen LogP contribution < -0.4 is 4.74 Å². The Hall–Kier alpha value is -2.14. The molecule has 1 unspecified atom stereocenters. The lowest BCUT2D eigenvalue weighted by Crippen LogP contribution is -2.52. The molecule has 0 radical (unpaired) electrons. The summed E-state index contributed by atoms with van der Waals surface area (Å²) in [5, 5.41) is -6.27. The van der Waals surface area contributed by atoms with Crippen LogP contribution in [-0.2, 0) is 14.9 Å². The summed E-state index contributed by atoms with van der Waals surface area (Å²) in [5.41, 5.74) is -1.16. The van der Waals surface area contributed by atoms with E-state index in [-0.39, 0.29) is 22.1 Å². The molecule has 0 saturated heterocycles. The van der Waals surface area contributed by atoms with Gasteiger partial charge in [-0.05, 0) is 61.5 Å². The lowest BCUT2D eigenvalue weighted by Gasteiger charge is -2.29. The molecule has 0 N–H and O–H groups in total. The van der Waals surface area contributed by atoms with E-state index in [0.29, 0.717) is 13.4 Å². The molecule has 0 aliphatic carbocycles. The Morgan fingerprint density at radius 2 is 1.35 bits per heavy atom. The third kappa shape index (κ3) is 6.13. The molecule has 16 heteroatoms. The Morgan fingerprint density at radius 1 is 0.865 bits per heavy atom. The number of fused-ring (bicyclic) bond motifs is 1. The minimum atomic E-state index is -6.89. The van der Waals surface area contributed by atoms with Crippen LogP contribution in [0.15, 0.2) is 61.9 Å². The highest BCUT2D eigenvalue weighted by molar-refractivity contribution is 9.11. The molecule has 0 bridgehead atoms. The summed E-state index contributed by atoms with van der Waals surface area (Å²) in [5.74, 6) is -3.15. The first-order valence-corrected chi connectivity index (χ1v) is 13.2. The molecule has 0 saturated carbocycles. The average Bonchev–Trinajstić information content (AvgIpc) is 2.77. The molecule has 3 aromatic rings. The first-order valence-electron chi connectivity index (χ1n) is 9.44. The van der Waals surface area contributed by atoms with Gasteiger partial charge < -0.3 is 14.0 Å². The second-order valence-electron chi connectivity index (χ2n) is 7.14. The zero-order valence-electron chi connectivity index (χ0n) is 17.5. The third-order valence-electron chi connectivity index (χ3n) is 4.66. The first kappa shape index (κ1) is 29.4. The minimum Gasteiger partial charge on any atom is -0.743 e. The van der Waals surface area contributed by atoms with E-state index in [1.54, 1.807) is 12.1 Å². The summed E-state index contributed by atoms with van der Waals surface area (Å²) in [6.45, 7) is 0. The van der Waals surface area contributed by atoms with Crippen LogP contribution in [0.2, 0.25) is 0 Å². The summed E-state index contributed by atoms with van der Waals surface area (Å²) in [7, 11) is -6.89. The maximum atomic E-state index is 13.9. The SMILES string of the molecule is O=C(Oc1c(Br)cc(Br)cc1Br)c1cccc2cccc(C(=O)OC(C(F)(F)F)C(F)(F)S(=O)(=O)[O-])c12. The Morgan fingerprint density at radius 3 is 1.81 bits per heavy atom. The number of esters is 2. The van der Waals surface area contributed by atoms with Crippen molar-refractivity contribution in [3.05, 3.63) is 73.1 Å². The molecule has 0 amide bonds. The van der Waals surface area contributed by atoms with Crippen molar-refractivity contribution >= 4 is 80.6 Å². The molecule has 37 heavy (non-hydrogen) atoms. The molecule has 0 spiro atoms. The fraction of sp³-hybridized carbons (Fsp3) is 0.143. The van der Waals surface area contributed by atoms with E-state index >= 15 is 0 Å². The number of hydrogen-bond acceptors (Lipinski definition) is 7. The van der Waals surface area contributed by atoms with Gasteiger partial charge in [0.05, 0.1) is 20.1 Å². The Kier molecular flexibility index (Phi) is 8.39. The van der Waals surface area contributed by atoms with Gasteiger partial charge in [-0.3, -0.25) is 0 Å². The third-order valence-corrected chi connectivity index (χ3v) is 7.18. The van der Waals surface area contributed by atoms with Gasteiger partial charge in [0.1, 0.15) is 0 Å². The predicted octanol–water partition coefficient (Wildman–Crippen LogP) is 6.57. The molecule has 0 fully saturated rings. The van der Waals surface area contributed by atoms with Gasteiger partial charge in [-0.1, -0.05) is 40.2 Å². The number of hydrogen-bond donors (Lipinski definition) is 0. The van der Waals surface area contributed by atoms with E-state index in [1.165, 1.54) is 18.2 Å². The summed E-state index contributed by atoms with van der Waals surface area (Å²) in [6.07, 6.45) is -10.7. The van der Waals surface area contributed by atoms with E-state index < -0.39 is 45.2 Å². The highest BCUT2D eigenvalue weighted by Crippen LogP contribution is 2.40. The Bertz CT molecular complexity index is 1480. The average molecular weight is 740 g/mol. The number of rotatable bonds is 6. The maximum absolute atomic E-state index is 13.9. The summed E-state index contributed by atoms with van der Waals surface area (Å²) in [6, 6.07) is 10.3. The van der Waals surface area contributed by atoms with Gasteiger partial charge in [-0.25, -0.2) is 18.0 Å². The summed E-state index contributed by atoms with van der Waals surface area (Å²) >= 11 is 9.64. The predicted molar refractivity (Wildman–Crippen MR) is 128 cm³/mol. The normalized spacial score (nSPS) is 13.3. The van der Waals surface area contributed by atoms with Crippen LogP contribution in [0.4, 0.5) is 22.0 Å². The minimum absolute atomic E-state index is 0.00249. The molecule has 7 nitrogen and oxygen atoms in total. The van der Waals surface area contributed by atoms with Gasteiger partial charge in [-0.2, -0.15) is 22.0 Å². The highest BCUT2D eigenvalue weighted by atomic mass is 79.9. The number of halogens is 8. The molecule has 0 aliphatic rings. The van der Waals surface area contributed by atoms with Crippen molar-refractivity contribution in [3.8, 4) is 5.75 Å². The lowest BCUT2D eigenvalue weighted by atomic mass is 9.99. The van der Waals surface area contributed by atoms with Crippen LogP contribution in [0.3, 0.4) is 0 Å². The fourth-order valence-electron chi connectivity index (χ4n) is 3.08. The molecule has 0 aliphatic heterocycles. The second-order valence-corrected chi connectivity index (χ2v) is 11.2. The van der Waals surface area contributed by atoms with Gasteiger partial charge in [0.25, 0.3) is 6.10 Å². The fourth-order valence-corrected chi connectivity index (χ4v) is 5.95. The maximum Gasteiger partial charge on any atom is 0.432 e. The van der Waals surface area contributed by atoms with E-state index in [4.69, 9.17) is 4.74 Å². The van der Waals surface area contributed by atoms with Crippen molar-refractivity contribution in [3.63, 3.8) is 0 Å². The van der Waals surface area contributed by atoms with Crippen LogP contribution in [0.25, 0.3) is 10.8 Å². The number of benzene rings is 3. The van der Waals surface area contributed by atoms with Crippen LogP contribution in [0.1, 0.15) is 20.7 Å². The topological polar surface area (TPSA) is 110 Å². The molecular formula is C21H9Br3F5O7S-. The monoisotopic (exact) mass is 737 g/mol. The smallest absolute Gasteiger partial charge is 0.432 e. The van der Waals surface area contributed by atoms with Crippen molar-refractivity contribution in [1.29, 1.82) is 0 Å². The van der Waals surface area contributed by atoms with Crippen molar-refractivity contribution in [2.75, 3.05) is 0 Å². The summed E-state index contributed by atoms with van der Waals surface area (Å²) in [4.78, 5) is 25.7. The van der Waals surface area contributed by atoms with Crippen molar-refractivity contribution < 1.29 is 54.0 Å². The molecule has 0 heterocycles. The zero-order chi connectivity index (χ0) is 27.9. The van der Waals surface area contributed by atoms with Gasteiger partial charge in [0.15, 0.2) is 15.9 Å². The van der Waals surface area contributed by atoms with Crippen LogP contribution in [0, 0.1) is 0 Å².